The summed E-state index contributed by atoms with van der Waals surface area (Å²) in [5.41, 5.74) is 7.19. The van der Waals surface area contributed by atoms with Gasteiger partial charge in [-0.3, -0.25) is 9.36 Å². The number of piperidine rings is 1. The van der Waals surface area contributed by atoms with Crippen LogP contribution in [0.5, 0.6) is 0 Å². The van der Waals surface area contributed by atoms with E-state index in [4.69, 9.17) is 28.9 Å². The Morgan fingerprint density at radius 2 is 2.06 bits per heavy atom. The molecule has 3 aromatic rings. The van der Waals surface area contributed by atoms with E-state index in [1.807, 2.05) is 11.0 Å². The summed E-state index contributed by atoms with van der Waals surface area (Å²) in [5, 5.41) is 19.9. The van der Waals surface area contributed by atoms with Crippen molar-refractivity contribution >= 4 is 40.1 Å². The van der Waals surface area contributed by atoms with Crippen molar-refractivity contribution in [1.82, 2.24) is 14.1 Å². The van der Waals surface area contributed by atoms with Crippen LogP contribution in [0.2, 0.25) is 0 Å². The molecule has 33 heavy (non-hydrogen) atoms. The molecule has 0 radical (unpaired) electrons. The van der Waals surface area contributed by atoms with Gasteiger partial charge < -0.3 is 15.2 Å². The van der Waals surface area contributed by atoms with Crippen LogP contribution in [-0.4, -0.2) is 33.2 Å². The largest absolute Gasteiger partial charge is 0.355 e. The number of nitriles is 2. The van der Waals surface area contributed by atoms with Crippen LogP contribution in [0.25, 0.3) is 11.0 Å². The first-order chi connectivity index (χ1) is 16.0. The van der Waals surface area contributed by atoms with E-state index >= 15 is 0 Å². The number of allylic oxidation sites excluding steroid dienone is 1. The van der Waals surface area contributed by atoms with Gasteiger partial charge >= 0.3 is 0 Å². The number of nitrogens with two attached hydrogens (primary N) is 1. The van der Waals surface area contributed by atoms with Gasteiger partial charge in [-0.25, -0.2) is 4.98 Å². The van der Waals surface area contributed by atoms with Gasteiger partial charge in [-0.2, -0.15) is 10.5 Å². The van der Waals surface area contributed by atoms with Gasteiger partial charge in [-0.05, 0) is 24.5 Å². The molecule has 1 aliphatic rings. The summed E-state index contributed by atoms with van der Waals surface area (Å²) in [4.78, 5) is 20.2. The number of hydrogen-bond acceptors (Lipinski definition) is 6. The molecule has 2 atom stereocenters. The van der Waals surface area contributed by atoms with E-state index in [0.717, 1.165) is 12.8 Å². The monoisotopic (exact) mass is 481 g/mol. The van der Waals surface area contributed by atoms with Crippen molar-refractivity contribution in [2.24, 2.45) is 5.73 Å². The van der Waals surface area contributed by atoms with Crippen LogP contribution in [0.1, 0.15) is 30.0 Å². The maximum Gasteiger partial charge on any atom is 0.279 e. The lowest BCUT2D eigenvalue weighted by atomic mass is 10.1. The quantitative estimate of drug-likeness (QED) is 0.596. The Labute approximate surface area is 200 Å². The molecule has 3 heterocycles. The molecule has 0 bridgehead atoms. The number of halogens is 2. The fourth-order valence-corrected chi connectivity index (χ4v) is 4.46. The number of nitrogens with zero attached hydrogens (tertiary/aromatic N) is 6. The Hall–Kier alpha value is -3.30. The molecule has 1 aliphatic heterocycles. The van der Waals surface area contributed by atoms with Crippen molar-refractivity contribution in [1.29, 1.82) is 10.5 Å². The third kappa shape index (κ3) is 4.34. The molecule has 8 nitrogen and oxygen atoms in total. The van der Waals surface area contributed by atoms with Crippen LogP contribution in [0.15, 0.2) is 52.0 Å². The number of anilines is 1. The van der Waals surface area contributed by atoms with Gasteiger partial charge in [0.1, 0.15) is 33.0 Å². The van der Waals surface area contributed by atoms with E-state index < -0.39 is 11.6 Å². The number of benzene rings is 1. The Kier molecular flexibility index (Phi) is 6.71. The summed E-state index contributed by atoms with van der Waals surface area (Å²) < 4.78 is 3.02. The average molecular weight is 482 g/mol. The fraction of sp³-hybridized carbons (Fsp3) is 0.304. The summed E-state index contributed by atoms with van der Waals surface area (Å²) in [6.07, 6.45) is 4.62. The molecule has 2 aromatic heterocycles. The van der Waals surface area contributed by atoms with E-state index in [1.54, 1.807) is 34.9 Å². The molecule has 1 saturated heterocycles. The molecule has 2 N–H and O–H groups in total. The zero-order chi connectivity index (χ0) is 23.5. The fourth-order valence-electron chi connectivity index (χ4n) is 4.32. The summed E-state index contributed by atoms with van der Waals surface area (Å²) in [6.45, 7) is 1.39. The van der Waals surface area contributed by atoms with Gasteiger partial charge in [0.25, 0.3) is 5.56 Å². The highest BCUT2D eigenvalue weighted by atomic mass is 35.5. The second-order valence-electron chi connectivity index (χ2n) is 7.86. The molecule has 0 saturated carbocycles. The molecule has 0 spiro atoms. The lowest BCUT2D eigenvalue weighted by Crippen LogP contribution is -2.44. The van der Waals surface area contributed by atoms with Crippen molar-refractivity contribution < 1.29 is 0 Å². The van der Waals surface area contributed by atoms with Crippen molar-refractivity contribution in [2.45, 2.75) is 31.5 Å². The highest BCUT2D eigenvalue weighted by molar-refractivity contribution is 6.55. The minimum atomic E-state index is -0.872. The van der Waals surface area contributed by atoms with E-state index in [1.165, 1.54) is 10.9 Å². The van der Waals surface area contributed by atoms with Crippen LogP contribution in [0.4, 0.5) is 5.82 Å². The highest BCUT2D eigenvalue weighted by Gasteiger charge is 2.29. The van der Waals surface area contributed by atoms with Gasteiger partial charge in [-0.15, -0.1) is 0 Å². The molecule has 1 unspecified atom stereocenters. The molecule has 1 fully saturated rings. The molecule has 10 heteroatoms. The summed E-state index contributed by atoms with van der Waals surface area (Å²) >= 11 is 11.8. The first-order valence-electron chi connectivity index (χ1n) is 10.5. The third-order valence-corrected chi connectivity index (χ3v) is 6.08. The number of hydrogen-bond donors (Lipinski definition) is 1. The molecular weight excluding hydrogens is 461 g/mol. The zero-order valence-electron chi connectivity index (χ0n) is 17.7. The molecule has 1 aromatic carbocycles. The summed E-state index contributed by atoms with van der Waals surface area (Å²) in [5.74, 6) is 0.559. The zero-order valence-corrected chi connectivity index (χ0v) is 19.2. The van der Waals surface area contributed by atoms with Crippen LogP contribution in [0.3, 0.4) is 0 Å². The van der Waals surface area contributed by atoms with Gasteiger partial charge in [0.15, 0.2) is 6.04 Å². The minimum Gasteiger partial charge on any atom is -0.355 e. The number of aromatic nitrogens is 3. The Morgan fingerprint density at radius 3 is 2.70 bits per heavy atom. The van der Waals surface area contributed by atoms with Gasteiger partial charge in [0, 0.05) is 25.7 Å². The summed E-state index contributed by atoms with van der Waals surface area (Å²) in [6, 6.07) is 12.5. The van der Waals surface area contributed by atoms with Crippen molar-refractivity contribution in [2.75, 3.05) is 18.0 Å². The predicted octanol–water partition coefficient (Wildman–Crippen LogP) is 3.43. The standard InChI is InChI=1S/C23H21Cl2N7O/c24-19(25)8-10-31-21-20(17(11-26)22(31)30-9-4-7-16(28)13-30)29-14-32(23(21)33)18(12-27)15-5-2-1-3-6-15/h1-3,5-6,8,14,16,18H,4,7,9-10,13,28H2/t16-,18?/m0/s1. The van der Waals surface area contributed by atoms with Crippen LogP contribution in [0, 0.1) is 22.7 Å². The van der Waals surface area contributed by atoms with Crippen molar-refractivity contribution in [3.05, 3.63) is 68.7 Å². The van der Waals surface area contributed by atoms with Crippen LogP contribution >= 0.6 is 23.2 Å². The Balaban J connectivity index is 1.99. The topological polar surface area (TPSA) is 117 Å². The lowest BCUT2D eigenvalue weighted by molar-refractivity contribution is 0.499. The van der Waals surface area contributed by atoms with Crippen molar-refractivity contribution in [3.8, 4) is 12.1 Å². The van der Waals surface area contributed by atoms with Crippen LogP contribution < -0.4 is 16.2 Å². The van der Waals surface area contributed by atoms with Crippen LogP contribution in [-0.2, 0) is 6.54 Å². The molecular formula is C23H21Cl2N7O. The van der Waals surface area contributed by atoms with E-state index in [-0.39, 0.29) is 33.7 Å². The lowest BCUT2D eigenvalue weighted by Gasteiger charge is -2.33. The maximum atomic E-state index is 13.7. The number of fused-ring (bicyclic) bond motifs is 1. The second-order valence-corrected chi connectivity index (χ2v) is 8.87. The maximum absolute atomic E-state index is 13.7. The predicted molar refractivity (Wildman–Crippen MR) is 128 cm³/mol. The van der Waals surface area contributed by atoms with Gasteiger partial charge in [0.2, 0.25) is 0 Å². The first kappa shape index (κ1) is 22.9. The number of rotatable bonds is 5. The third-order valence-electron chi connectivity index (χ3n) is 5.77. The first-order valence-corrected chi connectivity index (χ1v) is 11.2. The molecule has 4 rings (SSSR count). The SMILES string of the molecule is N#Cc1c(N2CCC[C@H](N)C2)n(CC=C(Cl)Cl)c2c(=O)n(C(C#N)c3ccccc3)cnc12. The smallest absolute Gasteiger partial charge is 0.279 e. The normalized spacial score (nSPS) is 16.8. The van der Waals surface area contributed by atoms with Gasteiger partial charge in [0.05, 0.1) is 12.4 Å². The second kappa shape index (κ2) is 9.68. The van der Waals surface area contributed by atoms with E-state index in [0.29, 0.717) is 24.5 Å². The Morgan fingerprint density at radius 1 is 1.30 bits per heavy atom. The van der Waals surface area contributed by atoms with Crippen molar-refractivity contribution in [3.63, 3.8) is 0 Å². The summed E-state index contributed by atoms with van der Waals surface area (Å²) in [7, 11) is 0. The van der Waals surface area contributed by atoms with Gasteiger partial charge in [-0.1, -0.05) is 53.5 Å². The minimum absolute atomic E-state index is 0.0417. The van der Waals surface area contributed by atoms with E-state index in [9.17, 15) is 15.3 Å². The molecule has 168 valence electrons. The molecule has 0 aliphatic carbocycles. The highest BCUT2D eigenvalue weighted by Crippen LogP contribution is 2.32. The van der Waals surface area contributed by atoms with E-state index in [2.05, 4.69) is 17.1 Å². The average Bonchev–Trinajstić information content (AvgIpc) is 3.14. The Bertz CT molecular complexity index is 1340. The molecule has 0 amide bonds.